The van der Waals surface area contributed by atoms with E-state index in [1.807, 2.05) is 13.0 Å². The van der Waals surface area contributed by atoms with Gasteiger partial charge in [-0.15, -0.1) is 0 Å². The molecule has 1 fully saturated rings. The van der Waals surface area contributed by atoms with E-state index in [9.17, 15) is 4.39 Å². The fourth-order valence-corrected chi connectivity index (χ4v) is 2.19. The summed E-state index contributed by atoms with van der Waals surface area (Å²) in [6.45, 7) is 4.69. The highest BCUT2D eigenvalue weighted by Crippen LogP contribution is 2.28. The third-order valence-corrected chi connectivity index (χ3v) is 3.35. The highest BCUT2D eigenvalue weighted by Gasteiger charge is 2.14. The third kappa shape index (κ3) is 3.11. The number of hydrogen-bond donors (Lipinski definition) is 0. The van der Waals surface area contributed by atoms with Crippen LogP contribution in [0, 0.1) is 12.7 Å². The molecule has 1 aromatic heterocycles. The monoisotopic (exact) mass is 289 g/mol. The zero-order valence-corrected chi connectivity index (χ0v) is 11.8. The van der Waals surface area contributed by atoms with Crippen LogP contribution in [0.1, 0.15) is 5.56 Å². The molecule has 5 nitrogen and oxygen atoms in total. The quantitative estimate of drug-likeness (QED) is 0.869. The molecule has 110 valence electrons. The second-order valence-electron chi connectivity index (χ2n) is 4.83. The molecule has 1 saturated heterocycles. The van der Waals surface area contributed by atoms with Crippen molar-refractivity contribution in [2.24, 2.45) is 0 Å². The number of anilines is 1. The minimum absolute atomic E-state index is 0.161. The zero-order valence-electron chi connectivity index (χ0n) is 11.8. The molecular formula is C15H16FN3O2. The van der Waals surface area contributed by atoms with Gasteiger partial charge in [-0.05, 0) is 19.1 Å². The lowest BCUT2D eigenvalue weighted by atomic mass is 10.2. The summed E-state index contributed by atoms with van der Waals surface area (Å²) in [5, 5.41) is 0. The van der Waals surface area contributed by atoms with Gasteiger partial charge < -0.3 is 14.4 Å². The second-order valence-corrected chi connectivity index (χ2v) is 4.83. The van der Waals surface area contributed by atoms with Crippen molar-refractivity contribution in [2.45, 2.75) is 6.92 Å². The number of aryl methyl sites for hydroxylation is 1. The molecule has 1 aliphatic rings. The largest absolute Gasteiger partial charge is 0.436 e. The van der Waals surface area contributed by atoms with Crippen LogP contribution < -0.4 is 9.64 Å². The van der Waals surface area contributed by atoms with Crippen molar-refractivity contribution < 1.29 is 13.9 Å². The van der Waals surface area contributed by atoms with Crippen LogP contribution in [0.15, 0.2) is 30.7 Å². The first-order chi connectivity index (χ1) is 10.2. The number of benzene rings is 1. The first kappa shape index (κ1) is 13.8. The molecule has 0 amide bonds. The zero-order chi connectivity index (χ0) is 14.7. The summed E-state index contributed by atoms with van der Waals surface area (Å²) in [6, 6.07) is 4.96. The van der Waals surface area contributed by atoms with Crippen molar-refractivity contribution >= 4 is 5.69 Å². The van der Waals surface area contributed by atoms with Crippen molar-refractivity contribution in [3.63, 3.8) is 0 Å². The summed E-state index contributed by atoms with van der Waals surface area (Å²) < 4.78 is 25.0. The molecule has 3 rings (SSSR count). The molecule has 0 atom stereocenters. The lowest BCUT2D eigenvalue weighted by molar-refractivity contribution is 0.122. The molecular weight excluding hydrogens is 273 g/mol. The van der Waals surface area contributed by atoms with Gasteiger partial charge in [0.25, 0.3) is 0 Å². The predicted molar refractivity (Wildman–Crippen MR) is 76.3 cm³/mol. The molecule has 1 aliphatic heterocycles. The maximum atomic E-state index is 14.2. The fourth-order valence-electron chi connectivity index (χ4n) is 2.19. The highest BCUT2D eigenvalue weighted by molar-refractivity contribution is 5.50. The van der Waals surface area contributed by atoms with Gasteiger partial charge in [-0.2, -0.15) is 0 Å². The second kappa shape index (κ2) is 6.05. The van der Waals surface area contributed by atoms with Crippen LogP contribution in [-0.4, -0.2) is 36.3 Å². The normalized spacial score (nSPS) is 15.0. The van der Waals surface area contributed by atoms with Crippen molar-refractivity contribution in [2.75, 3.05) is 31.2 Å². The van der Waals surface area contributed by atoms with Gasteiger partial charge in [0.1, 0.15) is 6.33 Å². The Kier molecular flexibility index (Phi) is 3.96. The number of ether oxygens (including phenoxy) is 2. The van der Waals surface area contributed by atoms with Crippen molar-refractivity contribution in [1.29, 1.82) is 0 Å². The number of halogens is 1. The van der Waals surface area contributed by atoms with E-state index in [4.69, 9.17) is 9.47 Å². The summed E-state index contributed by atoms with van der Waals surface area (Å²) >= 11 is 0. The molecule has 0 unspecified atom stereocenters. The van der Waals surface area contributed by atoms with Crippen LogP contribution in [0.5, 0.6) is 11.6 Å². The molecule has 21 heavy (non-hydrogen) atoms. The van der Waals surface area contributed by atoms with Gasteiger partial charge >= 0.3 is 0 Å². The van der Waals surface area contributed by atoms with Crippen LogP contribution in [0.2, 0.25) is 0 Å². The summed E-state index contributed by atoms with van der Waals surface area (Å²) in [6.07, 6.45) is 3.00. The Bertz CT molecular complexity index is 630. The van der Waals surface area contributed by atoms with E-state index in [1.54, 1.807) is 12.3 Å². The van der Waals surface area contributed by atoms with Gasteiger partial charge in [0, 0.05) is 36.6 Å². The summed E-state index contributed by atoms with van der Waals surface area (Å²) in [4.78, 5) is 9.97. The molecule has 2 aromatic rings. The molecule has 0 radical (unpaired) electrons. The SMILES string of the molecule is Cc1cncnc1Oc1ccc(N2CCOCC2)cc1F. The van der Waals surface area contributed by atoms with Crippen molar-refractivity contribution in [1.82, 2.24) is 9.97 Å². The Morgan fingerprint density at radius 1 is 1.29 bits per heavy atom. The number of aromatic nitrogens is 2. The first-order valence-electron chi connectivity index (χ1n) is 6.81. The van der Waals surface area contributed by atoms with Gasteiger partial charge in [0.05, 0.1) is 13.2 Å². The topological polar surface area (TPSA) is 47.5 Å². The van der Waals surface area contributed by atoms with Crippen molar-refractivity contribution in [3.05, 3.63) is 42.1 Å². The van der Waals surface area contributed by atoms with E-state index in [0.29, 0.717) is 19.1 Å². The summed E-state index contributed by atoms with van der Waals surface area (Å²) in [7, 11) is 0. The number of rotatable bonds is 3. The maximum absolute atomic E-state index is 14.2. The van der Waals surface area contributed by atoms with Gasteiger partial charge in [-0.3, -0.25) is 0 Å². The van der Waals surface area contributed by atoms with E-state index in [0.717, 1.165) is 24.3 Å². The molecule has 1 aromatic carbocycles. The summed E-state index contributed by atoms with van der Waals surface area (Å²) in [5.41, 5.74) is 1.59. The van der Waals surface area contributed by atoms with Crippen LogP contribution in [0.3, 0.4) is 0 Å². The maximum Gasteiger partial charge on any atom is 0.225 e. The lowest BCUT2D eigenvalue weighted by Crippen LogP contribution is -2.36. The molecule has 0 spiro atoms. The average Bonchev–Trinajstić information content (AvgIpc) is 2.52. The molecule has 2 heterocycles. The molecule has 0 aliphatic carbocycles. The standard InChI is InChI=1S/C15H16FN3O2/c1-11-9-17-10-18-15(11)21-14-3-2-12(8-13(14)16)19-4-6-20-7-5-19/h2-3,8-10H,4-7H2,1H3. The number of hydrogen-bond acceptors (Lipinski definition) is 5. The minimum atomic E-state index is -0.406. The fraction of sp³-hybridized carbons (Fsp3) is 0.333. The van der Waals surface area contributed by atoms with Crippen LogP contribution in [0.4, 0.5) is 10.1 Å². The van der Waals surface area contributed by atoms with Gasteiger partial charge in [0.2, 0.25) is 5.88 Å². The third-order valence-electron chi connectivity index (χ3n) is 3.35. The van der Waals surface area contributed by atoms with Gasteiger partial charge in [0.15, 0.2) is 11.6 Å². The first-order valence-corrected chi connectivity index (χ1v) is 6.81. The van der Waals surface area contributed by atoms with E-state index in [2.05, 4.69) is 14.9 Å². The Morgan fingerprint density at radius 3 is 2.81 bits per heavy atom. The van der Waals surface area contributed by atoms with E-state index in [1.165, 1.54) is 12.4 Å². The average molecular weight is 289 g/mol. The Balaban J connectivity index is 1.79. The molecule has 0 N–H and O–H groups in total. The molecule has 0 bridgehead atoms. The van der Waals surface area contributed by atoms with Crippen LogP contribution in [-0.2, 0) is 4.74 Å². The van der Waals surface area contributed by atoms with Crippen LogP contribution in [0.25, 0.3) is 0 Å². The van der Waals surface area contributed by atoms with Crippen LogP contribution >= 0.6 is 0 Å². The minimum Gasteiger partial charge on any atom is -0.436 e. The molecule has 0 saturated carbocycles. The van der Waals surface area contributed by atoms with Gasteiger partial charge in [-0.25, -0.2) is 14.4 Å². The number of morpholine rings is 1. The summed E-state index contributed by atoms with van der Waals surface area (Å²) in [5.74, 6) is 0.119. The van der Waals surface area contributed by atoms with Gasteiger partial charge in [-0.1, -0.05) is 0 Å². The predicted octanol–water partition coefficient (Wildman–Crippen LogP) is 2.55. The lowest BCUT2D eigenvalue weighted by Gasteiger charge is -2.29. The van der Waals surface area contributed by atoms with Crippen molar-refractivity contribution in [3.8, 4) is 11.6 Å². The Hall–Kier alpha value is -2.21. The highest BCUT2D eigenvalue weighted by atomic mass is 19.1. The Labute approximate surface area is 122 Å². The molecule has 6 heteroatoms. The van der Waals surface area contributed by atoms with E-state index < -0.39 is 5.82 Å². The number of nitrogens with zero attached hydrogens (tertiary/aromatic N) is 3. The Morgan fingerprint density at radius 2 is 2.10 bits per heavy atom. The smallest absolute Gasteiger partial charge is 0.225 e. The van der Waals surface area contributed by atoms with E-state index in [-0.39, 0.29) is 5.75 Å². The van der Waals surface area contributed by atoms with E-state index >= 15 is 0 Å².